The Labute approximate surface area is 260 Å². The molecule has 0 bridgehead atoms. The van der Waals surface area contributed by atoms with Crippen LogP contribution in [0, 0.1) is 0 Å². The van der Waals surface area contributed by atoms with Gasteiger partial charge in [0.15, 0.2) is 0 Å². The van der Waals surface area contributed by atoms with Gasteiger partial charge in [0.05, 0.1) is 44.3 Å². The van der Waals surface area contributed by atoms with Gasteiger partial charge in [0.25, 0.3) is 0 Å². The van der Waals surface area contributed by atoms with Crippen molar-refractivity contribution in [3.8, 4) is 0 Å². The Morgan fingerprint density at radius 2 is 1.00 bits per heavy atom. The lowest BCUT2D eigenvalue weighted by atomic mass is 9.78. The molecule has 1 aliphatic rings. The first-order chi connectivity index (χ1) is 21.8. The van der Waals surface area contributed by atoms with Crippen LogP contribution in [-0.2, 0) is 9.31 Å². The smallest absolute Gasteiger partial charge is 0.399 e. The summed E-state index contributed by atoms with van der Waals surface area (Å²) < 4.78 is 18.1. The summed E-state index contributed by atoms with van der Waals surface area (Å²) in [5.41, 5.74) is 7.42. The van der Waals surface area contributed by atoms with E-state index in [9.17, 15) is 0 Å². The average molecular weight is 583 g/mol. The van der Waals surface area contributed by atoms with Crippen molar-refractivity contribution in [1.29, 1.82) is 0 Å². The molecule has 45 heavy (non-hydrogen) atoms. The second-order valence-corrected chi connectivity index (χ2v) is 13.6. The molecule has 0 spiro atoms. The molecular weight excluding hydrogens is 551 g/mol. The highest BCUT2D eigenvalue weighted by molar-refractivity contribution is 6.62. The molecule has 0 aliphatic carbocycles. The lowest BCUT2D eigenvalue weighted by molar-refractivity contribution is 0.00578. The third-order valence-electron chi connectivity index (χ3n) is 10.7. The molecule has 9 aromatic rings. The van der Waals surface area contributed by atoms with Crippen molar-refractivity contribution in [2.24, 2.45) is 0 Å². The first-order valence-corrected chi connectivity index (χ1v) is 15.8. The summed E-state index contributed by atoms with van der Waals surface area (Å²) >= 11 is 0. The van der Waals surface area contributed by atoms with Crippen LogP contribution in [0.25, 0.3) is 76.2 Å². The first kappa shape index (κ1) is 25.5. The third kappa shape index (κ3) is 3.19. The highest BCUT2D eigenvalue weighted by Crippen LogP contribution is 2.43. The Balaban J connectivity index is 1.51. The Kier molecular flexibility index (Phi) is 4.79. The Morgan fingerprint density at radius 1 is 0.467 bits per heavy atom. The van der Waals surface area contributed by atoms with Crippen molar-refractivity contribution >= 4 is 88.8 Å². The summed E-state index contributed by atoms with van der Waals surface area (Å²) in [6.07, 6.45) is 0. The number of nitrogens with zero attached hydrogens (tertiary/aromatic N) is 2. The zero-order valence-corrected chi connectivity index (χ0v) is 25.8. The highest BCUT2D eigenvalue weighted by Gasteiger charge is 2.51. The van der Waals surface area contributed by atoms with E-state index in [1.807, 2.05) is 0 Å². The van der Waals surface area contributed by atoms with Gasteiger partial charge in [-0.2, -0.15) is 0 Å². The maximum Gasteiger partial charge on any atom is 0.494 e. The number of fused-ring (bicyclic) bond motifs is 12. The van der Waals surface area contributed by atoms with Crippen LogP contribution in [0.5, 0.6) is 0 Å². The van der Waals surface area contributed by atoms with Crippen LogP contribution in [0.15, 0.2) is 115 Å². The topological polar surface area (TPSA) is 27.3 Å². The van der Waals surface area contributed by atoms with Gasteiger partial charge in [-0.15, -0.1) is 0 Å². The van der Waals surface area contributed by atoms with Gasteiger partial charge in [0.2, 0.25) is 0 Å². The van der Waals surface area contributed by atoms with Gasteiger partial charge in [0.1, 0.15) is 0 Å². The molecule has 4 heterocycles. The van der Waals surface area contributed by atoms with Crippen molar-refractivity contribution in [3.63, 3.8) is 0 Å². The monoisotopic (exact) mass is 582 g/mol. The van der Waals surface area contributed by atoms with E-state index in [1.54, 1.807) is 0 Å². The molecule has 3 aromatic heterocycles. The second-order valence-electron chi connectivity index (χ2n) is 13.6. The molecule has 5 heteroatoms. The number of aromatic nitrogens is 2. The third-order valence-corrected chi connectivity index (χ3v) is 10.7. The molecule has 0 amide bonds. The molecule has 0 N–H and O–H groups in total. The van der Waals surface area contributed by atoms with Crippen molar-refractivity contribution in [3.05, 3.63) is 115 Å². The highest BCUT2D eigenvalue weighted by atomic mass is 16.7. The van der Waals surface area contributed by atoms with Crippen molar-refractivity contribution in [1.82, 2.24) is 8.80 Å². The molecule has 4 nitrogen and oxygen atoms in total. The quantitative estimate of drug-likeness (QED) is 0.180. The van der Waals surface area contributed by atoms with E-state index in [1.165, 1.54) is 76.2 Å². The lowest BCUT2D eigenvalue weighted by Crippen LogP contribution is -2.41. The fourth-order valence-electron chi connectivity index (χ4n) is 7.82. The molecule has 10 rings (SSSR count). The molecule has 0 saturated carbocycles. The fourth-order valence-corrected chi connectivity index (χ4v) is 7.82. The zero-order valence-electron chi connectivity index (χ0n) is 25.8. The molecular formula is C40H31BN2O2. The van der Waals surface area contributed by atoms with Crippen LogP contribution < -0.4 is 5.46 Å². The summed E-state index contributed by atoms with van der Waals surface area (Å²) in [5.74, 6) is 0. The second kappa shape index (κ2) is 8.45. The molecule has 0 atom stereocenters. The van der Waals surface area contributed by atoms with Crippen LogP contribution in [-0.4, -0.2) is 27.1 Å². The Hall–Kier alpha value is -4.84. The Bertz CT molecular complexity index is 2720. The van der Waals surface area contributed by atoms with E-state index in [-0.39, 0.29) is 0 Å². The number of rotatable bonds is 1. The minimum absolute atomic E-state index is 0.412. The van der Waals surface area contributed by atoms with E-state index in [0.29, 0.717) is 0 Å². The van der Waals surface area contributed by atoms with Crippen LogP contribution in [0.2, 0.25) is 0 Å². The zero-order chi connectivity index (χ0) is 30.2. The first-order valence-electron chi connectivity index (χ1n) is 15.8. The summed E-state index contributed by atoms with van der Waals surface area (Å²) in [4.78, 5) is 0. The SMILES string of the molecule is CC1(C)OB(c2ccc3c(c2)c2c4ccccc4cc4c2n3c2ccccc2c2cccc3c5ccccc5n4c32)OC1(C)C. The molecule has 1 saturated heterocycles. The molecule has 0 unspecified atom stereocenters. The van der Waals surface area contributed by atoms with Gasteiger partial charge >= 0.3 is 7.12 Å². The largest absolute Gasteiger partial charge is 0.494 e. The van der Waals surface area contributed by atoms with Gasteiger partial charge in [-0.05, 0) is 68.2 Å². The van der Waals surface area contributed by atoms with E-state index in [2.05, 4.69) is 152 Å². The van der Waals surface area contributed by atoms with Crippen LogP contribution >= 0.6 is 0 Å². The van der Waals surface area contributed by atoms with Crippen LogP contribution in [0.3, 0.4) is 0 Å². The van der Waals surface area contributed by atoms with Crippen molar-refractivity contribution < 1.29 is 9.31 Å². The summed E-state index contributed by atoms with van der Waals surface area (Å²) in [7, 11) is -0.438. The van der Waals surface area contributed by atoms with E-state index < -0.39 is 18.3 Å². The minimum atomic E-state index is -0.438. The Morgan fingerprint density at radius 3 is 1.67 bits per heavy atom. The summed E-state index contributed by atoms with van der Waals surface area (Å²) in [5, 5.41) is 9.90. The fraction of sp³-hybridized carbons (Fsp3) is 0.150. The number of hydrogen-bond acceptors (Lipinski definition) is 2. The van der Waals surface area contributed by atoms with Crippen molar-refractivity contribution in [2.75, 3.05) is 0 Å². The maximum atomic E-state index is 6.55. The van der Waals surface area contributed by atoms with E-state index in [4.69, 9.17) is 9.31 Å². The average Bonchev–Trinajstić information content (AvgIpc) is 3.64. The van der Waals surface area contributed by atoms with Gasteiger partial charge < -0.3 is 18.1 Å². The van der Waals surface area contributed by atoms with Gasteiger partial charge in [-0.25, -0.2) is 0 Å². The van der Waals surface area contributed by atoms with Gasteiger partial charge in [-0.1, -0.05) is 91.0 Å². The summed E-state index contributed by atoms with van der Waals surface area (Å²) in [6.45, 7) is 8.46. The van der Waals surface area contributed by atoms with Crippen molar-refractivity contribution in [2.45, 2.75) is 38.9 Å². The van der Waals surface area contributed by atoms with Gasteiger partial charge in [0, 0.05) is 32.3 Å². The maximum absolute atomic E-state index is 6.55. The molecule has 0 radical (unpaired) electrons. The standard InChI is InChI=1S/C40H31BN2O2/c1-39(2)40(3,4)45-41(44-39)25-20-21-34-31(23-25)36-26-13-6-5-12-24(26)22-35-38(36)42(34)32-18-9-7-14-27(32)29-16-11-17-30-28-15-8-10-19-33(28)43(35)37(29)30/h5-23H,1-4H3. The predicted octanol–water partition coefficient (Wildman–Crippen LogP) is 9.41. The van der Waals surface area contributed by atoms with E-state index in [0.717, 1.165) is 5.46 Å². The molecule has 216 valence electrons. The van der Waals surface area contributed by atoms with Crippen LogP contribution in [0.4, 0.5) is 0 Å². The predicted molar refractivity (Wildman–Crippen MR) is 189 cm³/mol. The normalized spacial score (nSPS) is 16.6. The van der Waals surface area contributed by atoms with Crippen LogP contribution in [0.1, 0.15) is 27.7 Å². The molecule has 1 aliphatic heterocycles. The minimum Gasteiger partial charge on any atom is -0.399 e. The number of benzene rings is 6. The molecule has 6 aromatic carbocycles. The number of hydrogen-bond donors (Lipinski definition) is 0. The van der Waals surface area contributed by atoms with E-state index >= 15 is 0 Å². The molecule has 1 fully saturated rings. The number of para-hydroxylation sites is 3. The lowest BCUT2D eigenvalue weighted by Gasteiger charge is -2.32. The summed E-state index contributed by atoms with van der Waals surface area (Å²) in [6, 6.07) is 42.4. The van der Waals surface area contributed by atoms with Gasteiger partial charge in [-0.3, -0.25) is 0 Å².